The third-order valence-corrected chi connectivity index (χ3v) is 2.68. The van der Waals surface area contributed by atoms with Crippen molar-refractivity contribution in [3.63, 3.8) is 0 Å². The Labute approximate surface area is 63.0 Å². The van der Waals surface area contributed by atoms with Gasteiger partial charge in [0, 0.05) is 6.04 Å². The molecular formula is C8H18N2. The van der Waals surface area contributed by atoms with Crippen LogP contribution >= 0.6 is 0 Å². The maximum Gasteiger partial charge on any atom is 0.00647 e. The van der Waals surface area contributed by atoms with Gasteiger partial charge in [-0.05, 0) is 37.6 Å². The van der Waals surface area contributed by atoms with Crippen LogP contribution in [0.4, 0.5) is 0 Å². The molecule has 0 aromatic carbocycles. The molecule has 0 aliphatic heterocycles. The molecule has 1 saturated carbocycles. The molecule has 0 radical (unpaired) electrons. The summed E-state index contributed by atoms with van der Waals surface area (Å²) in [5, 5.41) is 0. The molecular weight excluding hydrogens is 124 g/mol. The van der Waals surface area contributed by atoms with Gasteiger partial charge in [-0.1, -0.05) is 6.92 Å². The van der Waals surface area contributed by atoms with Gasteiger partial charge in [0.05, 0.1) is 0 Å². The van der Waals surface area contributed by atoms with Gasteiger partial charge in [-0.3, -0.25) is 0 Å². The second-order valence-corrected chi connectivity index (χ2v) is 3.56. The first-order valence-corrected chi connectivity index (χ1v) is 4.19. The molecule has 1 rings (SSSR count). The molecule has 0 saturated heterocycles. The van der Waals surface area contributed by atoms with Crippen LogP contribution in [0.1, 0.15) is 26.2 Å². The van der Waals surface area contributed by atoms with Crippen molar-refractivity contribution in [2.45, 2.75) is 32.2 Å². The minimum Gasteiger partial charge on any atom is -0.330 e. The van der Waals surface area contributed by atoms with Crippen LogP contribution in [0, 0.1) is 11.8 Å². The maximum atomic E-state index is 5.85. The van der Waals surface area contributed by atoms with E-state index in [-0.39, 0.29) is 0 Å². The molecule has 2 heteroatoms. The highest BCUT2D eigenvalue weighted by atomic mass is 14.7. The van der Waals surface area contributed by atoms with Gasteiger partial charge in [0.1, 0.15) is 0 Å². The van der Waals surface area contributed by atoms with Crippen LogP contribution in [-0.2, 0) is 0 Å². The molecule has 1 aliphatic rings. The fourth-order valence-electron chi connectivity index (χ4n) is 1.75. The Kier molecular flexibility index (Phi) is 2.69. The second kappa shape index (κ2) is 3.35. The normalized spacial score (nSPS) is 41.7. The third-order valence-electron chi connectivity index (χ3n) is 2.68. The standard InChI is InChI=1S/C8H18N2/c1-6-4-7(5-9)2-3-8(6)10/h6-8H,2-5,9-10H2,1H3. The Bertz CT molecular complexity index is 103. The van der Waals surface area contributed by atoms with E-state index in [4.69, 9.17) is 11.5 Å². The molecule has 2 nitrogen and oxygen atoms in total. The molecule has 4 N–H and O–H groups in total. The van der Waals surface area contributed by atoms with E-state index in [1.54, 1.807) is 0 Å². The quantitative estimate of drug-likeness (QED) is 0.566. The lowest BCUT2D eigenvalue weighted by atomic mass is 9.79. The molecule has 0 amide bonds. The van der Waals surface area contributed by atoms with Crippen molar-refractivity contribution < 1.29 is 0 Å². The fraction of sp³-hybridized carbons (Fsp3) is 1.00. The van der Waals surface area contributed by atoms with Gasteiger partial charge in [-0.2, -0.15) is 0 Å². The largest absolute Gasteiger partial charge is 0.330 e. The highest BCUT2D eigenvalue weighted by molar-refractivity contribution is 4.79. The Balaban J connectivity index is 2.33. The van der Waals surface area contributed by atoms with Gasteiger partial charge in [0.25, 0.3) is 0 Å². The molecule has 0 bridgehead atoms. The first-order valence-electron chi connectivity index (χ1n) is 4.19. The first-order chi connectivity index (χ1) is 4.74. The summed E-state index contributed by atoms with van der Waals surface area (Å²) in [6.07, 6.45) is 3.64. The van der Waals surface area contributed by atoms with Crippen LogP contribution in [0.25, 0.3) is 0 Å². The lowest BCUT2D eigenvalue weighted by Crippen LogP contribution is -2.36. The fourth-order valence-corrected chi connectivity index (χ4v) is 1.75. The van der Waals surface area contributed by atoms with Crippen LogP contribution in [0.15, 0.2) is 0 Å². The van der Waals surface area contributed by atoms with Crippen molar-refractivity contribution in [1.29, 1.82) is 0 Å². The van der Waals surface area contributed by atoms with E-state index in [0.717, 1.165) is 12.5 Å². The highest BCUT2D eigenvalue weighted by Gasteiger charge is 2.23. The molecule has 1 aliphatic carbocycles. The minimum atomic E-state index is 0.433. The smallest absolute Gasteiger partial charge is 0.00647 e. The number of hydrogen-bond donors (Lipinski definition) is 2. The molecule has 60 valence electrons. The average Bonchev–Trinajstić information content (AvgIpc) is 1.95. The van der Waals surface area contributed by atoms with Crippen LogP contribution in [-0.4, -0.2) is 12.6 Å². The summed E-state index contributed by atoms with van der Waals surface area (Å²) >= 11 is 0. The van der Waals surface area contributed by atoms with Gasteiger partial charge in [0.15, 0.2) is 0 Å². The molecule has 3 atom stereocenters. The molecule has 3 unspecified atom stereocenters. The summed E-state index contributed by atoms with van der Waals surface area (Å²) in [7, 11) is 0. The Morgan fingerprint density at radius 1 is 1.40 bits per heavy atom. The highest BCUT2D eigenvalue weighted by Crippen LogP contribution is 2.26. The summed E-state index contributed by atoms with van der Waals surface area (Å²) in [5.74, 6) is 1.43. The third kappa shape index (κ3) is 1.70. The summed E-state index contributed by atoms with van der Waals surface area (Å²) in [6, 6.07) is 0.433. The second-order valence-electron chi connectivity index (χ2n) is 3.56. The minimum absolute atomic E-state index is 0.433. The van der Waals surface area contributed by atoms with Crippen LogP contribution in [0.3, 0.4) is 0 Å². The van der Waals surface area contributed by atoms with E-state index in [0.29, 0.717) is 12.0 Å². The average molecular weight is 142 g/mol. The van der Waals surface area contributed by atoms with Gasteiger partial charge in [0.2, 0.25) is 0 Å². The zero-order chi connectivity index (χ0) is 7.56. The van der Waals surface area contributed by atoms with Gasteiger partial charge < -0.3 is 11.5 Å². The summed E-state index contributed by atoms with van der Waals surface area (Å²) < 4.78 is 0. The lowest BCUT2D eigenvalue weighted by Gasteiger charge is -2.30. The van der Waals surface area contributed by atoms with Crippen LogP contribution in [0.2, 0.25) is 0 Å². The van der Waals surface area contributed by atoms with Gasteiger partial charge in [-0.25, -0.2) is 0 Å². The van der Waals surface area contributed by atoms with Gasteiger partial charge >= 0.3 is 0 Å². The van der Waals surface area contributed by atoms with E-state index < -0.39 is 0 Å². The Morgan fingerprint density at radius 3 is 2.60 bits per heavy atom. The topological polar surface area (TPSA) is 52.0 Å². The summed E-state index contributed by atoms with van der Waals surface area (Å²) in [6.45, 7) is 3.07. The molecule has 10 heavy (non-hydrogen) atoms. The number of hydrogen-bond acceptors (Lipinski definition) is 2. The number of rotatable bonds is 1. The molecule has 1 fully saturated rings. The van der Waals surface area contributed by atoms with Crippen molar-refractivity contribution in [1.82, 2.24) is 0 Å². The van der Waals surface area contributed by atoms with Crippen molar-refractivity contribution in [3.8, 4) is 0 Å². The van der Waals surface area contributed by atoms with E-state index in [2.05, 4.69) is 6.92 Å². The van der Waals surface area contributed by atoms with E-state index >= 15 is 0 Å². The monoisotopic (exact) mass is 142 g/mol. The molecule has 0 spiro atoms. The zero-order valence-corrected chi connectivity index (χ0v) is 6.72. The van der Waals surface area contributed by atoms with Crippen molar-refractivity contribution >= 4 is 0 Å². The van der Waals surface area contributed by atoms with Crippen molar-refractivity contribution in [2.75, 3.05) is 6.54 Å². The van der Waals surface area contributed by atoms with Crippen LogP contribution in [0.5, 0.6) is 0 Å². The predicted octanol–water partition coefficient (Wildman–Crippen LogP) is 0.709. The van der Waals surface area contributed by atoms with Crippen LogP contribution < -0.4 is 11.5 Å². The lowest BCUT2D eigenvalue weighted by molar-refractivity contribution is 0.253. The SMILES string of the molecule is CC1CC(CN)CCC1N. The Hall–Kier alpha value is -0.0800. The van der Waals surface area contributed by atoms with E-state index in [9.17, 15) is 0 Å². The maximum absolute atomic E-state index is 5.85. The van der Waals surface area contributed by atoms with Crippen molar-refractivity contribution in [3.05, 3.63) is 0 Å². The van der Waals surface area contributed by atoms with Gasteiger partial charge in [-0.15, -0.1) is 0 Å². The molecule has 0 aromatic rings. The molecule has 0 aromatic heterocycles. The first kappa shape index (κ1) is 8.02. The zero-order valence-electron chi connectivity index (χ0n) is 6.72. The Morgan fingerprint density at radius 2 is 2.10 bits per heavy atom. The summed E-state index contributed by atoms with van der Waals surface area (Å²) in [5.41, 5.74) is 11.4. The predicted molar refractivity (Wildman–Crippen MR) is 43.5 cm³/mol. The van der Waals surface area contributed by atoms with E-state index in [1.807, 2.05) is 0 Å². The van der Waals surface area contributed by atoms with Crippen molar-refractivity contribution in [2.24, 2.45) is 23.3 Å². The molecule has 0 heterocycles. The number of nitrogens with two attached hydrogens (primary N) is 2. The van der Waals surface area contributed by atoms with E-state index in [1.165, 1.54) is 19.3 Å². The summed E-state index contributed by atoms with van der Waals surface area (Å²) in [4.78, 5) is 0.